The number of unbranched alkanes of at least 4 members (excludes halogenated alkanes) is 11. The highest BCUT2D eigenvalue weighted by atomic mass is 16.5. The molecule has 0 aliphatic carbocycles. The fourth-order valence-corrected chi connectivity index (χ4v) is 3.61. The summed E-state index contributed by atoms with van der Waals surface area (Å²) >= 11 is 0. The van der Waals surface area contributed by atoms with Gasteiger partial charge in [0.15, 0.2) is 0 Å². The van der Waals surface area contributed by atoms with Gasteiger partial charge in [-0.3, -0.25) is 9.59 Å². The molecule has 0 rings (SSSR count). The van der Waals surface area contributed by atoms with Gasteiger partial charge >= 0.3 is 11.9 Å². The lowest BCUT2D eigenvalue weighted by atomic mass is 9.97. The van der Waals surface area contributed by atoms with E-state index in [0.29, 0.717) is 32.0 Å². The molecule has 0 aromatic carbocycles. The van der Waals surface area contributed by atoms with E-state index < -0.39 is 0 Å². The summed E-state index contributed by atoms with van der Waals surface area (Å²) in [6.45, 7) is 7.42. The molecule has 0 aliphatic rings. The van der Waals surface area contributed by atoms with Gasteiger partial charge in [0, 0.05) is 12.8 Å². The van der Waals surface area contributed by atoms with Gasteiger partial charge < -0.3 is 9.47 Å². The lowest BCUT2D eigenvalue weighted by molar-refractivity contribution is -0.144. The SMILES string of the molecule is CCCOC(=O)CCCCCCCCCCCCCCC(C)CCC(=O)OCCC. The second kappa shape index (κ2) is 22.6. The highest BCUT2D eigenvalue weighted by Crippen LogP contribution is 2.17. The Morgan fingerprint density at radius 2 is 0.967 bits per heavy atom. The summed E-state index contributed by atoms with van der Waals surface area (Å²) in [4.78, 5) is 22.9. The van der Waals surface area contributed by atoms with Crippen LogP contribution in [-0.4, -0.2) is 25.2 Å². The Hall–Kier alpha value is -1.06. The van der Waals surface area contributed by atoms with E-state index in [-0.39, 0.29) is 11.9 Å². The fraction of sp³-hybridized carbons (Fsp3) is 0.923. The number of ether oxygens (including phenoxy) is 2. The van der Waals surface area contributed by atoms with Crippen molar-refractivity contribution >= 4 is 11.9 Å². The van der Waals surface area contributed by atoms with Gasteiger partial charge in [-0.25, -0.2) is 0 Å². The molecule has 4 nitrogen and oxygen atoms in total. The van der Waals surface area contributed by atoms with Crippen LogP contribution in [0.25, 0.3) is 0 Å². The highest BCUT2D eigenvalue weighted by molar-refractivity contribution is 5.69. The zero-order valence-electron chi connectivity index (χ0n) is 20.4. The van der Waals surface area contributed by atoms with Gasteiger partial charge in [0.05, 0.1) is 13.2 Å². The van der Waals surface area contributed by atoms with E-state index in [4.69, 9.17) is 9.47 Å². The Labute approximate surface area is 186 Å². The number of hydrogen-bond donors (Lipinski definition) is 0. The van der Waals surface area contributed by atoms with Crippen LogP contribution in [0.5, 0.6) is 0 Å². The number of carbonyl (C=O) groups excluding carboxylic acids is 2. The number of esters is 2. The minimum atomic E-state index is -0.0317. The molecule has 1 atom stereocenters. The molecule has 0 heterocycles. The predicted octanol–water partition coefficient (Wildman–Crippen LogP) is 7.77. The Bertz CT molecular complexity index is 394. The molecular formula is C26H50O4. The maximum Gasteiger partial charge on any atom is 0.305 e. The molecule has 0 aliphatic heterocycles. The van der Waals surface area contributed by atoms with Crippen molar-refractivity contribution in [3.63, 3.8) is 0 Å². The third-order valence-electron chi connectivity index (χ3n) is 5.60. The molecule has 0 N–H and O–H groups in total. The molecule has 0 radical (unpaired) electrons. The third-order valence-corrected chi connectivity index (χ3v) is 5.60. The predicted molar refractivity (Wildman–Crippen MR) is 126 cm³/mol. The molecule has 178 valence electrons. The normalized spacial score (nSPS) is 12.0. The zero-order chi connectivity index (χ0) is 22.3. The summed E-state index contributed by atoms with van der Waals surface area (Å²) < 4.78 is 10.2. The molecule has 0 fully saturated rings. The average molecular weight is 427 g/mol. The van der Waals surface area contributed by atoms with Crippen molar-refractivity contribution in [2.24, 2.45) is 5.92 Å². The Morgan fingerprint density at radius 1 is 0.567 bits per heavy atom. The van der Waals surface area contributed by atoms with Crippen molar-refractivity contribution in [2.45, 2.75) is 136 Å². The van der Waals surface area contributed by atoms with E-state index in [9.17, 15) is 9.59 Å². The Kier molecular flexibility index (Phi) is 21.8. The summed E-state index contributed by atoms with van der Waals surface area (Å²) in [7, 11) is 0. The van der Waals surface area contributed by atoms with Gasteiger partial charge in [0.1, 0.15) is 0 Å². The average Bonchev–Trinajstić information content (AvgIpc) is 2.74. The fourth-order valence-electron chi connectivity index (χ4n) is 3.61. The molecule has 4 heteroatoms. The Morgan fingerprint density at radius 3 is 1.43 bits per heavy atom. The largest absolute Gasteiger partial charge is 0.466 e. The van der Waals surface area contributed by atoms with E-state index in [1.54, 1.807) is 0 Å². The molecule has 0 bridgehead atoms. The molecule has 0 spiro atoms. The van der Waals surface area contributed by atoms with Crippen molar-refractivity contribution in [3.8, 4) is 0 Å². The molecule has 1 unspecified atom stereocenters. The smallest absolute Gasteiger partial charge is 0.305 e. The quantitative estimate of drug-likeness (QED) is 0.131. The van der Waals surface area contributed by atoms with E-state index in [0.717, 1.165) is 32.1 Å². The van der Waals surface area contributed by atoms with Gasteiger partial charge in [-0.1, -0.05) is 97.8 Å². The van der Waals surface area contributed by atoms with Crippen LogP contribution in [0.4, 0.5) is 0 Å². The number of hydrogen-bond acceptors (Lipinski definition) is 4. The molecule has 0 saturated heterocycles. The van der Waals surface area contributed by atoms with Crippen LogP contribution in [-0.2, 0) is 19.1 Å². The minimum Gasteiger partial charge on any atom is -0.466 e. The van der Waals surface area contributed by atoms with Gasteiger partial charge in [-0.05, 0) is 31.6 Å². The zero-order valence-corrected chi connectivity index (χ0v) is 20.4. The summed E-state index contributed by atoms with van der Waals surface area (Å²) in [5, 5.41) is 0. The van der Waals surface area contributed by atoms with Crippen LogP contribution in [0.15, 0.2) is 0 Å². The van der Waals surface area contributed by atoms with Crippen LogP contribution >= 0.6 is 0 Å². The first-order valence-electron chi connectivity index (χ1n) is 12.9. The third kappa shape index (κ3) is 21.6. The van der Waals surface area contributed by atoms with Gasteiger partial charge in [0.25, 0.3) is 0 Å². The van der Waals surface area contributed by atoms with Gasteiger partial charge in [0.2, 0.25) is 0 Å². The maximum atomic E-state index is 11.5. The summed E-state index contributed by atoms with van der Waals surface area (Å²) in [5.41, 5.74) is 0. The van der Waals surface area contributed by atoms with Gasteiger partial charge in [-0.2, -0.15) is 0 Å². The molecule has 0 aromatic rings. The summed E-state index contributed by atoms with van der Waals surface area (Å²) in [5.74, 6) is 0.565. The molecule has 30 heavy (non-hydrogen) atoms. The van der Waals surface area contributed by atoms with E-state index in [1.165, 1.54) is 70.6 Å². The van der Waals surface area contributed by atoms with E-state index in [1.807, 2.05) is 13.8 Å². The number of rotatable bonds is 22. The minimum absolute atomic E-state index is 0.0292. The lowest BCUT2D eigenvalue weighted by Crippen LogP contribution is -2.07. The van der Waals surface area contributed by atoms with E-state index >= 15 is 0 Å². The molecule has 0 aromatic heterocycles. The second-order valence-electron chi connectivity index (χ2n) is 8.87. The van der Waals surface area contributed by atoms with Crippen LogP contribution in [0.2, 0.25) is 0 Å². The highest BCUT2D eigenvalue weighted by Gasteiger charge is 2.07. The van der Waals surface area contributed by atoms with Crippen LogP contribution in [0.1, 0.15) is 136 Å². The van der Waals surface area contributed by atoms with E-state index in [2.05, 4.69) is 6.92 Å². The Balaban J connectivity index is 3.24. The first-order valence-corrected chi connectivity index (χ1v) is 12.9. The molecule has 0 amide bonds. The monoisotopic (exact) mass is 426 g/mol. The molecule has 0 saturated carbocycles. The summed E-state index contributed by atoms with van der Waals surface area (Å²) in [6, 6.07) is 0. The maximum absolute atomic E-state index is 11.5. The van der Waals surface area contributed by atoms with Crippen molar-refractivity contribution in [1.82, 2.24) is 0 Å². The van der Waals surface area contributed by atoms with Crippen molar-refractivity contribution in [3.05, 3.63) is 0 Å². The first kappa shape index (κ1) is 28.9. The lowest BCUT2D eigenvalue weighted by Gasteiger charge is -2.10. The van der Waals surface area contributed by atoms with Crippen LogP contribution < -0.4 is 0 Å². The molecular weight excluding hydrogens is 376 g/mol. The standard InChI is InChI=1S/C26H50O4/c1-4-22-29-25(27)19-17-15-13-11-9-7-6-8-10-12-14-16-18-24(3)20-21-26(28)30-23-5-2/h24H,4-23H2,1-3H3. The second-order valence-corrected chi connectivity index (χ2v) is 8.87. The van der Waals surface area contributed by atoms with Gasteiger partial charge in [-0.15, -0.1) is 0 Å². The van der Waals surface area contributed by atoms with Crippen molar-refractivity contribution < 1.29 is 19.1 Å². The first-order chi connectivity index (χ1) is 14.6. The number of carbonyl (C=O) groups is 2. The van der Waals surface area contributed by atoms with Crippen molar-refractivity contribution in [1.29, 1.82) is 0 Å². The van der Waals surface area contributed by atoms with Crippen LogP contribution in [0.3, 0.4) is 0 Å². The van der Waals surface area contributed by atoms with Crippen LogP contribution in [0, 0.1) is 5.92 Å². The summed E-state index contributed by atoms with van der Waals surface area (Å²) in [6.07, 6.45) is 20.6. The van der Waals surface area contributed by atoms with Crippen molar-refractivity contribution in [2.75, 3.05) is 13.2 Å². The topological polar surface area (TPSA) is 52.6 Å².